The van der Waals surface area contributed by atoms with Crippen molar-refractivity contribution in [3.05, 3.63) is 24.0 Å². The molecule has 1 aromatic heterocycles. The van der Waals surface area contributed by atoms with Crippen molar-refractivity contribution >= 4 is 23.5 Å². The zero-order valence-electron chi connectivity index (χ0n) is 15.0. The molecule has 0 amide bonds. The van der Waals surface area contributed by atoms with Gasteiger partial charge in [-0.2, -0.15) is 15.0 Å². The second kappa shape index (κ2) is 8.13. The van der Waals surface area contributed by atoms with Gasteiger partial charge in [0.05, 0.1) is 7.11 Å². The molecule has 26 heavy (non-hydrogen) atoms. The SMILES string of the molecule is COc1ccc(Nc2nc(N)nc(NC3CCCN(C)CC3)n2)cc1F. The summed E-state index contributed by atoms with van der Waals surface area (Å²) in [6.07, 6.45) is 3.17. The molecule has 2 aromatic rings. The van der Waals surface area contributed by atoms with E-state index in [0.29, 0.717) is 11.6 Å². The second-order valence-corrected chi connectivity index (χ2v) is 6.39. The number of aromatic nitrogens is 3. The predicted octanol–water partition coefficient (Wildman–Crippen LogP) is 2.24. The summed E-state index contributed by atoms with van der Waals surface area (Å²) in [5.74, 6) is 0.482. The Morgan fingerprint density at radius 1 is 1.19 bits per heavy atom. The smallest absolute Gasteiger partial charge is 0.233 e. The van der Waals surface area contributed by atoms with E-state index in [2.05, 4.69) is 37.5 Å². The van der Waals surface area contributed by atoms with Crippen LogP contribution in [0.15, 0.2) is 18.2 Å². The number of likely N-dealkylation sites (tertiary alicyclic amines) is 1. The van der Waals surface area contributed by atoms with Crippen molar-refractivity contribution in [3.8, 4) is 5.75 Å². The summed E-state index contributed by atoms with van der Waals surface area (Å²) in [5, 5.41) is 6.28. The molecule has 140 valence electrons. The lowest BCUT2D eigenvalue weighted by atomic mass is 10.1. The van der Waals surface area contributed by atoms with E-state index in [4.69, 9.17) is 10.5 Å². The number of methoxy groups -OCH3 is 1. The third-order valence-electron chi connectivity index (χ3n) is 4.35. The van der Waals surface area contributed by atoms with Crippen LogP contribution < -0.4 is 21.1 Å². The van der Waals surface area contributed by atoms with Gasteiger partial charge >= 0.3 is 0 Å². The molecule has 0 saturated carbocycles. The molecule has 1 aliphatic heterocycles. The third-order valence-corrected chi connectivity index (χ3v) is 4.35. The highest BCUT2D eigenvalue weighted by atomic mass is 19.1. The highest BCUT2D eigenvalue weighted by Gasteiger charge is 2.16. The van der Waals surface area contributed by atoms with E-state index in [9.17, 15) is 4.39 Å². The number of anilines is 4. The van der Waals surface area contributed by atoms with E-state index in [0.717, 1.165) is 32.4 Å². The Morgan fingerprint density at radius 3 is 2.77 bits per heavy atom. The molecular weight excluding hydrogens is 337 g/mol. The molecule has 0 aliphatic carbocycles. The maximum absolute atomic E-state index is 13.8. The lowest BCUT2D eigenvalue weighted by Gasteiger charge is -2.17. The molecule has 1 unspecified atom stereocenters. The highest BCUT2D eigenvalue weighted by Crippen LogP contribution is 2.23. The minimum absolute atomic E-state index is 0.102. The number of nitrogens with one attached hydrogen (secondary N) is 2. The topological polar surface area (TPSA) is 101 Å². The van der Waals surface area contributed by atoms with E-state index < -0.39 is 5.82 Å². The van der Waals surface area contributed by atoms with Gasteiger partial charge in [0.15, 0.2) is 11.6 Å². The lowest BCUT2D eigenvalue weighted by molar-refractivity contribution is 0.348. The fourth-order valence-electron chi connectivity index (χ4n) is 2.95. The molecule has 3 rings (SSSR count). The maximum Gasteiger partial charge on any atom is 0.233 e. The van der Waals surface area contributed by atoms with Crippen LogP contribution in [-0.2, 0) is 0 Å². The van der Waals surface area contributed by atoms with Crippen LogP contribution in [0.1, 0.15) is 19.3 Å². The van der Waals surface area contributed by atoms with E-state index in [1.165, 1.54) is 19.2 Å². The first-order valence-corrected chi connectivity index (χ1v) is 8.60. The first kappa shape index (κ1) is 18.1. The van der Waals surface area contributed by atoms with E-state index in [-0.39, 0.29) is 23.7 Å². The minimum Gasteiger partial charge on any atom is -0.494 e. The van der Waals surface area contributed by atoms with Gasteiger partial charge in [0.25, 0.3) is 0 Å². The van der Waals surface area contributed by atoms with Gasteiger partial charge in [0.1, 0.15) is 0 Å². The summed E-state index contributed by atoms with van der Waals surface area (Å²) in [5.41, 5.74) is 6.30. The maximum atomic E-state index is 13.8. The van der Waals surface area contributed by atoms with Gasteiger partial charge in [-0.25, -0.2) is 4.39 Å². The van der Waals surface area contributed by atoms with Gasteiger partial charge in [-0.1, -0.05) is 0 Å². The molecule has 2 heterocycles. The standard InChI is InChI=1S/C17H24FN7O/c1-25-8-3-4-11(7-9-25)20-16-22-15(19)23-17(24-16)21-12-5-6-14(26-2)13(18)10-12/h5-6,10-11H,3-4,7-9H2,1-2H3,(H4,19,20,21,22,23,24). The summed E-state index contributed by atoms with van der Waals surface area (Å²) in [7, 11) is 3.54. The Balaban J connectivity index is 1.72. The number of nitrogens with zero attached hydrogens (tertiary/aromatic N) is 4. The van der Waals surface area contributed by atoms with Crippen molar-refractivity contribution in [1.82, 2.24) is 19.9 Å². The van der Waals surface area contributed by atoms with Gasteiger partial charge in [0, 0.05) is 17.8 Å². The molecule has 0 spiro atoms. The van der Waals surface area contributed by atoms with Crippen LogP contribution in [0.4, 0.5) is 27.9 Å². The van der Waals surface area contributed by atoms with Crippen molar-refractivity contribution in [1.29, 1.82) is 0 Å². The summed E-state index contributed by atoms with van der Waals surface area (Å²) in [6, 6.07) is 4.81. The molecule has 1 aliphatic rings. The predicted molar refractivity (Wildman–Crippen MR) is 99.2 cm³/mol. The number of benzene rings is 1. The van der Waals surface area contributed by atoms with Crippen molar-refractivity contribution < 1.29 is 9.13 Å². The van der Waals surface area contributed by atoms with Crippen LogP contribution >= 0.6 is 0 Å². The zero-order valence-corrected chi connectivity index (χ0v) is 15.0. The van der Waals surface area contributed by atoms with Crippen LogP contribution in [0.3, 0.4) is 0 Å². The monoisotopic (exact) mass is 361 g/mol. The average Bonchev–Trinajstić information content (AvgIpc) is 2.79. The molecule has 0 bridgehead atoms. The molecule has 1 atom stereocenters. The Kier molecular flexibility index (Phi) is 5.67. The van der Waals surface area contributed by atoms with Crippen LogP contribution in [0.25, 0.3) is 0 Å². The van der Waals surface area contributed by atoms with Gasteiger partial charge in [0.2, 0.25) is 17.8 Å². The number of nitrogens with two attached hydrogens (primary N) is 1. The fraction of sp³-hybridized carbons (Fsp3) is 0.471. The largest absolute Gasteiger partial charge is 0.494 e. The lowest BCUT2D eigenvalue weighted by Crippen LogP contribution is -2.24. The molecule has 8 nitrogen and oxygen atoms in total. The van der Waals surface area contributed by atoms with Crippen LogP contribution in [0, 0.1) is 5.82 Å². The Morgan fingerprint density at radius 2 is 2.00 bits per heavy atom. The second-order valence-electron chi connectivity index (χ2n) is 6.39. The van der Waals surface area contributed by atoms with Gasteiger partial charge in [-0.3, -0.25) is 0 Å². The number of rotatable bonds is 5. The zero-order chi connectivity index (χ0) is 18.5. The quantitative estimate of drug-likeness (QED) is 0.745. The number of ether oxygens (including phenoxy) is 1. The number of hydrogen-bond acceptors (Lipinski definition) is 8. The first-order chi connectivity index (χ1) is 12.5. The number of halogens is 1. The van der Waals surface area contributed by atoms with Crippen molar-refractivity contribution in [3.63, 3.8) is 0 Å². The van der Waals surface area contributed by atoms with E-state index >= 15 is 0 Å². The molecular formula is C17H24FN7O. The van der Waals surface area contributed by atoms with Crippen molar-refractivity contribution in [2.75, 3.05) is 43.6 Å². The Bertz CT molecular complexity index is 758. The van der Waals surface area contributed by atoms with Gasteiger partial charge in [-0.05, 0) is 51.5 Å². The molecule has 9 heteroatoms. The minimum atomic E-state index is -0.472. The van der Waals surface area contributed by atoms with Crippen molar-refractivity contribution in [2.45, 2.75) is 25.3 Å². The summed E-state index contributed by atoms with van der Waals surface area (Å²) < 4.78 is 18.7. The van der Waals surface area contributed by atoms with Crippen LogP contribution in [0.5, 0.6) is 5.75 Å². The molecule has 1 saturated heterocycles. The summed E-state index contributed by atoms with van der Waals surface area (Å²) >= 11 is 0. The first-order valence-electron chi connectivity index (χ1n) is 8.60. The van der Waals surface area contributed by atoms with Crippen LogP contribution in [-0.4, -0.2) is 53.1 Å². The number of hydrogen-bond donors (Lipinski definition) is 3. The third kappa shape index (κ3) is 4.69. The van der Waals surface area contributed by atoms with E-state index in [1.54, 1.807) is 6.07 Å². The van der Waals surface area contributed by atoms with E-state index in [1.807, 2.05) is 0 Å². The van der Waals surface area contributed by atoms with Gasteiger partial charge < -0.3 is 26.0 Å². The van der Waals surface area contributed by atoms with Gasteiger partial charge in [-0.15, -0.1) is 0 Å². The van der Waals surface area contributed by atoms with Crippen LogP contribution in [0.2, 0.25) is 0 Å². The highest BCUT2D eigenvalue weighted by molar-refractivity contribution is 5.56. The molecule has 4 N–H and O–H groups in total. The fourth-order valence-corrected chi connectivity index (χ4v) is 2.95. The van der Waals surface area contributed by atoms with Crippen molar-refractivity contribution in [2.24, 2.45) is 0 Å². The molecule has 1 aromatic carbocycles. The molecule has 1 fully saturated rings. The average molecular weight is 361 g/mol. The summed E-state index contributed by atoms with van der Waals surface area (Å²) in [4.78, 5) is 14.9. The normalized spacial score (nSPS) is 18.2. The Labute approximate surface area is 152 Å². The number of nitrogen functional groups attached to an aromatic ring is 1. The summed E-state index contributed by atoms with van der Waals surface area (Å²) in [6.45, 7) is 2.11. The Hall–Kier alpha value is -2.68. The molecule has 0 radical (unpaired) electrons.